The summed E-state index contributed by atoms with van der Waals surface area (Å²) in [4.78, 5) is 14.5. The molecule has 1 aliphatic rings. The Kier molecular flexibility index (Phi) is 7.39. The summed E-state index contributed by atoms with van der Waals surface area (Å²) in [6, 6.07) is 8.46. The second kappa shape index (κ2) is 10.2. The Morgan fingerprint density at radius 3 is 2.93 bits per heavy atom. The van der Waals surface area contributed by atoms with Crippen LogP contribution in [0.25, 0.3) is 0 Å². The largest absolute Gasteiger partial charge is 0.494 e. The minimum atomic E-state index is -0.248. The topological polar surface area (TPSA) is 92.5 Å². The van der Waals surface area contributed by atoms with E-state index < -0.39 is 0 Å². The summed E-state index contributed by atoms with van der Waals surface area (Å²) in [5.74, 6) is 0.650. The molecular formula is C20H29N5O3. The van der Waals surface area contributed by atoms with Crippen molar-refractivity contribution in [3.8, 4) is 5.75 Å². The van der Waals surface area contributed by atoms with Gasteiger partial charge in [-0.15, -0.1) is 5.10 Å². The van der Waals surface area contributed by atoms with Crippen LogP contribution >= 0.6 is 0 Å². The van der Waals surface area contributed by atoms with E-state index in [2.05, 4.69) is 32.7 Å². The maximum atomic E-state index is 12.1. The lowest BCUT2D eigenvalue weighted by Gasteiger charge is -2.32. The maximum absolute atomic E-state index is 12.1. The smallest absolute Gasteiger partial charge is 0.273 e. The van der Waals surface area contributed by atoms with E-state index in [0.717, 1.165) is 38.2 Å². The van der Waals surface area contributed by atoms with Gasteiger partial charge in [0.05, 0.1) is 18.8 Å². The Hall–Kier alpha value is -2.45. The van der Waals surface area contributed by atoms with E-state index in [1.165, 1.54) is 5.56 Å². The monoisotopic (exact) mass is 387 g/mol. The van der Waals surface area contributed by atoms with Crippen LogP contribution in [0.15, 0.2) is 30.5 Å². The Labute approximate surface area is 165 Å². The van der Waals surface area contributed by atoms with Gasteiger partial charge in [0.2, 0.25) is 0 Å². The quantitative estimate of drug-likeness (QED) is 0.636. The zero-order valence-corrected chi connectivity index (χ0v) is 16.4. The number of hydrogen-bond acceptors (Lipinski definition) is 6. The molecule has 1 aromatic carbocycles. The molecule has 1 unspecified atom stereocenters. The molecule has 2 heterocycles. The number of aliphatic hydroxyl groups excluding tert-OH is 1. The van der Waals surface area contributed by atoms with Gasteiger partial charge in [-0.25, -0.2) is 4.68 Å². The van der Waals surface area contributed by atoms with E-state index in [0.29, 0.717) is 25.3 Å². The van der Waals surface area contributed by atoms with Crippen LogP contribution in [0.1, 0.15) is 48.3 Å². The van der Waals surface area contributed by atoms with Crippen molar-refractivity contribution in [3.05, 3.63) is 41.7 Å². The van der Waals surface area contributed by atoms with Crippen LogP contribution in [0.4, 0.5) is 0 Å². The summed E-state index contributed by atoms with van der Waals surface area (Å²) in [5.41, 5.74) is 1.58. The third-order valence-corrected chi connectivity index (χ3v) is 4.86. The first-order valence-electron chi connectivity index (χ1n) is 9.94. The van der Waals surface area contributed by atoms with E-state index in [-0.39, 0.29) is 18.6 Å². The normalized spacial score (nSPS) is 17.4. The average molecular weight is 387 g/mol. The number of amides is 1. The second-order valence-corrected chi connectivity index (χ2v) is 7.02. The molecule has 0 radical (unpaired) electrons. The molecule has 8 nitrogen and oxygen atoms in total. The lowest BCUT2D eigenvalue weighted by atomic mass is 10.0. The fraction of sp³-hybridized carbons (Fsp3) is 0.550. The van der Waals surface area contributed by atoms with Crippen molar-refractivity contribution < 1.29 is 14.6 Å². The Bertz CT molecular complexity index is 747. The van der Waals surface area contributed by atoms with Crippen molar-refractivity contribution in [2.24, 2.45) is 0 Å². The summed E-state index contributed by atoms with van der Waals surface area (Å²) in [6.07, 6.45) is 4.36. The van der Waals surface area contributed by atoms with Gasteiger partial charge in [-0.3, -0.25) is 9.69 Å². The van der Waals surface area contributed by atoms with Gasteiger partial charge in [-0.1, -0.05) is 17.3 Å². The summed E-state index contributed by atoms with van der Waals surface area (Å²) < 4.78 is 7.31. The second-order valence-electron chi connectivity index (χ2n) is 7.02. The van der Waals surface area contributed by atoms with Crippen LogP contribution in [0.3, 0.4) is 0 Å². The number of benzene rings is 1. The number of aromatic nitrogens is 3. The Balaban J connectivity index is 1.55. The number of aliphatic hydroxyl groups is 1. The van der Waals surface area contributed by atoms with Crippen molar-refractivity contribution in [3.63, 3.8) is 0 Å². The van der Waals surface area contributed by atoms with E-state index in [1.54, 1.807) is 6.20 Å². The molecule has 2 aromatic rings. The third-order valence-electron chi connectivity index (χ3n) is 4.86. The zero-order valence-electron chi connectivity index (χ0n) is 16.4. The lowest BCUT2D eigenvalue weighted by Crippen LogP contribution is -2.36. The van der Waals surface area contributed by atoms with E-state index in [1.807, 2.05) is 23.7 Å². The van der Waals surface area contributed by atoms with Gasteiger partial charge in [0.25, 0.3) is 5.91 Å². The highest BCUT2D eigenvalue weighted by atomic mass is 16.5. The van der Waals surface area contributed by atoms with Crippen molar-refractivity contribution in [1.29, 1.82) is 0 Å². The van der Waals surface area contributed by atoms with E-state index >= 15 is 0 Å². The van der Waals surface area contributed by atoms with Gasteiger partial charge in [-0.05, 0) is 50.4 Å². The highest BCUT2D eigenvalue weighted by Crippen LogP contribution is 2.23. The van der Waals surface area contributed by atoms with Crippen LogP contribution < -0.4 is 10.1 Å². The van der Waals surface area contributed by atoms with Crippen LogP contribution in [0.2, 0.25) is 0 Å². The van der Waals surface area contributed by atoms with E-state index in [4.69, 9.17) is 9.84 Å². The summed E-state index contributed by atoms with van der Waals surface area (Å²) in [7, 11) is 0. The average Bonchev–Trinajstić information content (AvgIpc) is 3.21. The van der Waals surface area contributed by atoms with Crippen LogP contribution in [0, 0.1) is 0 Å². The Morgan fingerprint density at radius 1 is 1.36 bits per heavy atom. The van der Waals surface area contributed by atoms with Crippen molar-refractivity contribution in [1.82, 2.24) is 25.2 Å². The number of carbonyl (C=O) groups is 1. The molecular weight excluding hydrogens is 358 g/mol. The van der Waals surface area contributed by atoms with Crippen LogP contribution in [-0.2, 0) is 6.54 Å². The highest BCUT2D eigenvalue weighted by molar-refractivity contribution is 5.91. The number of piperidine rings is 1. The number of likely N-dealkylation sites (tertiary alicyclic amines) is 1. The van der Waals surface area contributed by atoms with Gasteiger partial charge in [-0.2, -0.15) is 0 Å². The first-order valence-corrected chi connectivity index (χ1v) is 9.94. The number of carbonyl (C=O) groups excluding carboxylic acids is 1. The molecule has 0 spiro atoms. The zero-order chi connectivity index (χ0) is 19.8. The van der Waals surface area contributed by atoms with Gasteiger partial charge in [0, 0.05) is 26.2 Å². The maximum Gasteiger partial charge on any atom is 0.273 e. The van der Waals surface area contributed by atoms with Gasteiger partial charge < -0.3 is 15.2 Å². The molecule has 1 amide bonds. The molecule has 8 heteroatoms. The predicted octanol–water partition coefficient (Wildman–Crippen LogP) is 1.63. The summed E-state index contributed by atoms with van der Waals surface area (Å²) >= 11 is 0. The molecule has 1 aliphatic heterocycles. The van der Waals surface area contributed by atoms with Crippen LogP contribution in [-0.4, -0.2) is 63.8 Å². The van der Waals surface area contributed by atoms with E-state index in [9.17, 15) is 4.79 Å². The molecule has 1 aromatic heterocycles. The van der Waals surface area contributed by atoms with Crippen molar-refractivity contribution in [2.45, 2.75) is 38.8 Å². The molecule has 2 N–H and O–H groups in total. The highest BCUT2D eigenvalue weighted by Gasteiger charge is 2.23. The fourth-order valence-electron chi connectivity index (χ4n) is 3.44. The molecule has 1 atom stereocenters. The molecule has 28 heavy (non-hydrogen) atoms. The number of rotatable bonds is 9. The molecule has 0 bridgehead atoms. The molecule has 152 valence electrons. The minimum absolute atomic E-state index is 0.0548. The first kappa shape index (κ1) is 20.3. The van der Waals surface area contributed by atoms with Crippen molar-refractivity contribution >= 4 is 5.91 Å². The number of ether oxygens (including phenoxy) is 1. The molecule has 3 rings (SSSR count). The fourth-order valence-corrected chi connectivity index (χ4v) is 3.44. The standard InChI is InChI=1S/C20H29N5O3/c1-2-28-18-8-6-16(7-9-18)13-24-11-3-5-17(14-24)25-15-19(22-23-25)20(27)21-10-4-12-26/h6-9,15,17,26H,2-5,10-14H2,1H3,(H,21,27). The molecule has 1 fully saturated rings. The Morgan fingerprint density at radius 2 is 2.18 bits per heavy atom. The summed E-state index contributed by atoms with van der Waals surface area (Å²) in [5, 5.41) is 19.7. The number of nitrogens with one attached hydrogen (secondary N) is 1. The van der Waals surface area contributed by atoms with Crippen molar-refractivity contribution in [2.75, 3.05) is 32.8 Å². The minimum Gasteiger partial charge on any atom is -0.494 e. The number of nitrogens with zero attached hydrogens (tertiary/aromatic N) is 4. The molecule has 0 aliphatic carbocycles. The SMILES string of the molecule is CCOc1ccc(CN2CCCC(n3cc(C(=O)NCCCO)nn3)C2)cc1. The molecule has 1 saturated heterocycles. The molecule has 0 saturated carbocycles. The third kappa shape index (κ3) is 5.53. The van der Waals surface area contributed by atoms with Crippen LogP contribution in [0.5, 0.6) is 5.75 Å². The van der Waals surface area contributed by atoms with Gasteiger partial charge >= 0.3 is 0 Å². The number of hydrogen-bond donors (Lipinski definition) is 2. The lowest BCUT2D eigenvalue weighted by molar-refractivity contribution is 0.0946. The van der Waals surface area contributed by atoms with Gasteiger partial charge in [0.15, 0.2) is 5.69 Å². The predicted molar refractivity (Wildman–Crippen MR) is 105 cm³/mol. The summed E-state index contributed by atoms with van der Waals surface area (Å²) in [6.45, 7) is 5.95. The first-order chi connectivity index (χ1) is 13.7. The van der Waals surface area contributed by atoms with Gasteiger partial charge in [0.1, 0.15) is 5.75 Å².